The van der Waals surface area contributed by atoms with Crippen LogP contribution < -0.4 is 10.6 Å². The number of benzene rings is 1. The van der Waals surface area contributed by atoms with Crippen LogP contribution in [0.3, 0.4) is 0 Å². The fourth-order valence-electron chi connectivity index (χ4n) is 4.03. The highest BCUT2D eigenvalue weighted by atomic mass is 19.4. The molecule has 6 nitrogen and oxygen atoms in total. The van der Waals surface area contributed by atoms with Gasteiger partial charge in [0.15, 0.2) is 0 Å². The highest BCUT2D eigenvalue weighted by molar-refractivity contribution is 5.90. The van der Waals surface area contributed by atoms with Gasteiger partial charge < -0.3 is 20.6 Å². The van der Waals surface area contributed by atoms with Crippen LogP contribution in [0.15, 0.2) is 24.3 Å². The standard InChI is InChI=1S/C22H35N3O.C2HF3O2/c1-2-3-4-5-6-7-8-9-10-19-11-13-20(14-12-19)24-21(26)25-17-22(18-25)15-23-16-22;3-2(4,5)1(6)7/h11-14,23H,2-10,15-18H2,1H3,(H,24,26);(H,6,7). The molecule has 2 fully saturated rings. The Bertz CT molecular complexity index is 742. The number of rotatable bonds is 10. The van der Waals surface area contributed by atoms with Gasteiger partial charge in [-0.05, 0) is 30.5 Å². The number of nitrogens with one attached hydrogen (secondary N) is 2. The normalized spacial score (nSPS) is 16.3. The first-order chi connectivity index (χ1) is 15.6. The molecule has 0 saturated carbocycles. The fourth-order valence-corrected chi connectivity index (χ4v) is 4.03. The minimum Gasteiger partial charge on any atom is -0.475 e. The van der Waals surface area contributed by atoms with Crippen LogP contribution in [-0.4, -0.2) is 54.4 Å². The molecule has 186 valence electrons. The number of aryl methyl sites for hydroxylation is 1. The third-order valence-electron chi connectivity index (χ3n) is 6.11. The molecule has 0 aromatic heterocycles. The zero-order valence-electron chi connectivity index (χ0n) is 19.3. The molecular formula is C24H36F3N3O3. The molecule has 2 saturated heterocycles. The van der Waals surface area contributed by atoms with Crippen LogP contribution in [0.4, 0.5) is 23.7 Å². The Hall–Kier alpha value is -2.29. The van der Waals surface area contributed by atoms with Crippen LogP contribution in [0.25, 0.3) is 0 Å². The Balaban J connectivity index is 0.000000479. The smallest absolute Gasteiger partial charge is 0.475 e. The molecule has 2 aliphatic heterocycles. The van der Waals surface area contributed by atoms with Crippen LogP contribution in [0, 0.1) is 5.41 Å². The fraction of sp³-hybridized carbons (Fsp3) is 0.667. The average Bonchev–Trinajstić information content (AvgIpc) is 2.69. The number of anilines is 1. The zero-order valence-corrected chi connectivity index (χ0v) is 19.3. The first-order valence-corrected chi connectivity index (χ1v) is 11.8. The number of aliphatic carboxylic acids is 1. The average molecular weight is 472 g/mol. The van der Waals surface area contributed by atoms with Crippen molar-refractivity contribution in [3.63, 3.8) is 0 Å². The maximum absolute atomic E-state index is 12.2. The molecule has 0 atom stereocenters. The Morgan fingerprint density at radius 2 is 1.52 bits per heavy atom. The summed E-state index contributed by atoms with van der Waals surface area (Å²) in [4.78, 5) is 23.0. The van der Waals surface area contributed by atoms with E-state index in [0.29, 0.717) is 5.41 Å². The van der Waals surface area contributed by atoms with E-state index in [0.717, 1.165) is 38.3 Å². The van der Waals surface area contributed by atoms with E-state index >= 15 is 0 Å². The predicted molar refractivity (Wildman–Crippen MR) is 122 cm³/mol. The Labute approximate surface area is 193 Å². The number of alkyl halides is 3. The van der Waals surface area contributed by atoms with Crippen molar-refractivity contribution in [3.8, 4) is 0 Å². The van der Waals surface area contributed by atoms with Gasteiger partial charge in [0.1, 0.15) is 0 Å². The molecule has 1 aromatic rings. The summed E-state index contributed by atoms with van der Waals surface area (Å²) in [6, 6.07) is 8.43. The second-order valence-electron chi connectivity index (χ2n) is 9.11. The molecule has 0 bridgehead atoms. The summed E-state index contributed by atoms with van der Waals surface area (Å²) in [5.74, 6) is -2.76. The topological polar surface area (TPSA) is 81.7 Å². The largest absolute Gasteiger partial charge is 0.490 e. The van der Waals surface area contributed by atoms with Gasteiger partial charge in [0, 0.05) is 37.3 Å². The van der Waals surface area contributed by atoms with E-state index in [2.05, 4.69) is 29.7 Å². The summed E-state index contributed by atoms with van der Waals surface area (Å²) in [5, 5.41) is 13.4. The molecule has 2 aliphatic rings. The first kappa shape index (κ1) is 27.0. The maximum Gasteiger partial charge on any atom is 0.490 e. The Kier molecular flexibility index (Phi) is 10.5. The summed E-state index contributed by atoms with van der Waals surface area (Å²) in [5.41, 5.74) is 2.66. The second kappa shape index (κ2) is 12.8. The Morgan fingerprint density at radius 3 is 1.97 bits per heavy atom. The third kappa shape index (κ3) is 9.23. The molecule has 9 heteroatoms. The number of hydrogen-bond acceptors (Lipinski definition) is 3. The molecule has 1 spiro atoms. The minimum absolute atomic E-state index is 0.0401. The van der Waals surface area contributed by atoms with Crippen molar-refractivity contribution in [2.24, 2.45) is 5.41 Å². The van der Waals surface area contributed by atoms with E-state index in [4.69, 9.17) is 9.90 Å². The number of nitrogens with zero attached hydrogens (tertiary/aromatic N) is 1. The summed E-state index contributed by atoms with van der Waals surface area (Å²) in [7, 11) is 0. The van der Waals surface area contributed by atoms with Crippen LogP contribution >= 0.6 is 0 Å². The molecule has 0 radical (unpaired) electrons. The number of halogens is 3. The molecular weight excluding hydrogens is 435 g/mol. The van der Waals surface area contributed by atoms with E-state index in [-0.39, 0.29) is 6.03 Å². The van der Waals surface area contributed by atoms with Gasteiger partial charge in [-0.2, -0.15) is 13.2 Å². The van der Waals surface area contributed by atoms with Crippen molar-refractivity contribution >= 4 is 17.7 Å². The number of urea groups is 1. The molecule has 1 aromatic carbocycles. The molecule has 3 N–H and O–H groups in total. The number of likely N-dealkylation sites (tertiary alicyclic amines) is 1. The number of unbranched alkanes of at least 4 members (excludes halogenated alkanes) is 7. The SMILES string of the molecule is CCCCCCCCCCc1ccc(NC(=O)N2CC3(CNC3)C2)cc1.O=C(O)C(F)(F)F. The summed E-state index contributed by atoms with van der Waals surface area (Å²) < 4.78 is 31.7. The molecule has 0 aliphatic carbocycles. The van der Waals surface area contributed by atoms with Gasteiger partial charge >= 0.3 is 18.2 Å². The summed E-state index contributed by atoms with van der Waals surface area (Å²) in [6.45, 7) is 6.17. The number of carbonyl (C=O) groups is 2. The molecule has 3 rings (SSSR count). The van der Waals surface area contributed by atoms with Gasteiger partial charge in [-0.15, -0.1) is 0 Å². The van der Waals surface area contributed by atoms with Crippen molar-refractivity contribution in [1.29, 1.82) is 0 Å². The predicted octanol–water partition coefficient (Wildman–Crippen LogP) is 5.44. The zero-order chi connectivity index (χ0) is 24.3. The van der Waals surface area contributed by atoms with Crippen LogP contribution in [0.5, 0.6) is 0 Å². The maximum atomic E-state index is 12.2. The second-order valence-corrected chi connectivity index (χ2v) is 9.11. The molecule has 2 heterocycles. The van der Waals surface area contributed by atoms with Crippen LogP contribution in [0.1, 0.15) is 63.9 Å². The van der Waals surface area contributed by atoms with Gasteiger partial charge in [-0.25, -0.2) is 9.59 Å². The van der Waals surface area contributed by atoms with Crippen molar-refractivity contribution in [3.05, 3.63) is 29.8 Å². The highest BCUT2D eigenvalue weighted by Gasteiger charge is 2.49. The third-order valence-corrected chi connectivity index (χ3v) is 6.11. The van der Waals surface area contributed by atoms with Gasteiger partial charge in [0.25, 0.3) is 0 Å². The number of carboxylic acids is 1. The van der Waals surface area contributed by atoms with E-state index in [1.54, 1.807) is 0 Å². The van der Waals surface area contributed by atoms with E-state index < -0.39 is 12.1 Å². The number of amides is 2. The molecule has 33 heavy (non-hydrogen) atoms. The number of hydrogen-bond donors (Lipinski definition) is 3. The molecule has 0 unspecified atom stereocenters. The summed E-state index contributed by atoms with van der Waals surface area (Å²) >= 11 is 0. The number of carboxylic acid groups (broad SMARTS) is 1. The lowest BCUT2D eigenvalue weighted by molar-refractivity contribution is -0.192. The van der Waals surface area contributed by atoms with Gasteiger partial charge in [0.05, 0.1) is 0 Å². The quantitative estimate of drug-likeness (QED) is 0.397. The van der Waals surface area contributed by atoms with Crippen LogP contribution in [0.2, 0.25) is 0 Å². The van der Waals surface area contributed by atoms with E-state index in [1.807, 2.05) is 17.0 Å². The summed E-state index contributed by atoms with van der Waals surface area (Å²) in [6.07, 6.45) is 6.93. The number of carbonyl (C=O) groups excluding carboxylic acids is 1. The van der Waals surface area contributed by atoms with Gasteiger partial charge in [-0.1, -0.05) is 64.0 Å². The highest BCUT2D eigenvalue weighted by Crippen LogP contribution is 2.34. The van der Waals surface area contributed by atoms with Crippen molar-refractivity contribution in [1.82, 2.24) is 10.2 Å². The van der Waals surface area contributed by atoms with Gasteiger partial charge in [-0.3, -0.25) is 0 Å². The molecule has 2 amide bonds. The lowest BCUT2D eigenvalue weighted by atomic mass is 9.75. The van der Waals surface area contributed by atoms with Gasteiger partial charge in [0.2, 0.25) is 0 Å². The van der Waals surface area contributed by atoms with E-state index in [1.165, 1.54) is 56.9 Å². The van der Waals surface area contributed by atoms with Crippen LogP contribution in [-0.2, 0) is 11.2 Å². The van der Waals surface area contributed by atoms with E-state index in [9.17, 15) is 18.0 Å². The Morgan fingerprint density at radius 1 is 1.00 bits per heavy atom. The van der Waals surface area contributed by atoms with Crippen molar-refractivity contribution in [2.75, 3.05) is 31.5 Å². The van der Waals surface area contributed by atoms with Crippen molar-refractivity contribution in [2.45, 2.75) is 70.9 Å². The monoisotopic (exact) mass is 471 g/mol. The lowest BCUT2D eigenvalue weighted by Gasteiger charge is -2.55. The minimum atomic E-state index is -5.08. The lowest BCUT2D eigenvalue weighted by Crippen LogP contribution is -2.72. The first-order valence-electron chi connectivity index (χ1n) is 11.8. The van der Waals surface area contributed by atoms with Crippen molar-refractivity contribution < 1.29 is 27.9 Å².